The third kappa shape index (κ3) is 3.17. The van der Waals surface area contributed by atoms with Crippen LogP contribution in [0.3, 0.4) is 0 Å². The highest BCUT2D eigenvalue weighted by atomic mass is 16.5. The molecule has 1 aliphatic rings. The molecule has 2 nitrogen and oxygen atoms in total. The Bertz CT molecular complexity index is 424. The maximum Gasteiger partial charge on any atom is 0.119 e. The summed E-state index contributed by atoms with van der Waals surface area (Å²) in [6.07, 6.45) is 3.70. The summed E-state index contributed by atoms with van der Waals surface area (Å²) in [7, 11) is 0. The molecular formula is C18H29NO. The van der Waals surface area contributed by atoms with Crippen LogP contribution >= 0.6 is 0 Å². The second-order valence-electron chi connectivity index (χ2n) is 6.87. The van der Waals surface area contributed by atoms with Crippen LogP contribution in [0.15, 0.2) is 24.3 Å². The van der Waals surface area contributed by atoms with Crippen molar-refractivity contribution < 1.29 is 4.74 Å². The van der Waals surface area contributed by atoms with Crippen LogP contribution in [0, 0.1) is 11.8 Å². The highest BCUT2D eigenvalue weighted by Gasteiger charge is 2.38. The second-order valence-corrected chi connectivity index (χ2v) is 6.87. The molecule has 0 aliphatic heterocycles. The molecule has 1 aromatic rings. The fourth-order valence-corrected chi connectivity index (χ4v) is 3.68. The molecule has 0 spiro atoms. The lowest BCUT2D eigenvalue weighted by atomic mass is 9.64. The van der Waals surface area contributed by atoms with E-state index in [0.29, 0.717) is 18.6 Å². The molecule has 1 aliphatic carbocycles. The summed E-state index contributed by atoms with van der Waals surface area (Å²) in [5.74, 6) is 2.29. The maximum atomic E-state index is 6.45. The normalized spacial score (nSPS) is 27.4. The molecule has 1 saturated carbocycles. The van der Waals surface area contributed by atoms with Crippen LogP contribution in [0.25, 0.3) is 0 Å². The van der Waals surface area contributed by atoms with E-state index in [1.807, 2.05) is 6.92 Å². The molecule has 0 amide bonds. The van der Waals surface area contributed by atoms with Gasteiger partial charge in [-0.1, -0.05) is 39.3 Å². The van der Waals surface area contributed by atoms with Gasteiger partial charge in [-0.2, -0.15) is 0 Å². The Hall–Kier alpha value is -1.02. The number of ether oxygens (including phenoxy) is 1. The van der Waals surface area contributed by atoms with Gasteiger partial charge in [-0.3, -0.25) is 0 Å². The average molecular weight is 275 g/mol. The number of benzene rings is 1. The molecule has 1 fully saturated rings. The Morgan fingerprint density at radius 1 is 1.20 bits per heavy atom. The molecule has 3 atom stereocenters. The zero-order chi connectivity index (χ0) is 14.8. The lowest BCUT2D eigenvalue weighted by Crippen LogP contribution is -2.45. The molecule has 20 heavy (non-hydrogen) atoms. The van der Waals surface area contributed by atoms with Gasteiger partial charge in [0.25, 0.3) is 0 Å². The number of hydrogen-bond donors (Lipinski definition) is 1. The Morgan fingerprint density at radius 2 is 1.85 bits per heavy atom. The smallest absolute Gasteiger partial charge is 0.119 e. The third-order valence-electron chi connectivity index (χ3n) is 5.00. The lowest BCUT2D eigenvalue weighted by molar-refractivity contribution is 0.171. The van der Waals surface area contributed by atoms with E-state index in [1.165, 1.54) is 18.4 Å². The van der Waals surface area contributed by atoms with E-state index in [1.54, 1.807) is 0 Å². The zero-order valence-corrected chi connectivity index (χ0v) is 13.4. The minimum Gasteiger partial charge on any atom is -0.494 e. The van der Waals surface area contributed by atoms with E-state index in [4.69, 9.17) is 10.5 Å². The molecule has 3 unspecified atom stereocenters. The van der Waals surface area contributed by atoms with Crippen molar-refractivity contribution >= 4 is 0 Å². The van der Waals surface area contributed by atoms with Gasteiger partial charge in [-0.05, 0) is 54.7 Å². The van der Waals surface area contributed by atoms with Crippen LogP contribution in [-0.2, 0) is 5.41 Å². The molecule has 112 valence electrons. The Kier molecular flexibility index (Phi) is 4.74. The molecule has 2 rings (SSSR count). The van der Waals surface area contributed by atoms with Gasteiger partial charge in [0.1, 0.15) is 5.75 Å². The quantitative estimate of drug-likeness (QED) is 0.897. The van der Waals surface area contributed by atoms with Gasteiger partial charge in [0.15, 0.2) is 0 Å². The maximum absolute atomic E-state index is 6.45. The number of nitrogens with two attached hydrogens (primary N) is 1. The van der Waals surface area contributed by atoms with E-state index in [2.05, 4.69) is 45.0 Å². The summed E-state index contributed by atoms with van der Waals surface area (Å²) in [6.45, 7) is 9.72. The summed E-state index contributed by atoms with van der Waals surface area (Å²) >= 11 is 0. The van der Waals surface area contributed by atoms with Gasteiger partial charge in [-0.15, -0.1) is 0 Å². The predicted octanol–water partition coefficient (Wildman–Crippen LogP) is 4.13. The summed E-state index contributed by atoms with van der Waals surface area (Å²) in [5.41, 5.74) is 7.95. The SMILES string of the molecule is CCOc1ccc(C(C)(C)C2CCC(C)CC2N)cc1. The van der Waals surface area contributed by atoms with Gasteiger partial charge in [0.05, 0.1) is 6.61 Å². The van der Waals surface area contributed by atoms with Crippen LogP contribution < -0.4 is 10.5 Å². The number of rotatable bonds is 4. The first kappa shape index (κ1) is 15.4. The summed E-state index contributed by atoms with van der Waals surface area (Å²) in [5, 5.41) is 0. The largest absolute Gasteiger partial charge is 0.494 e. The van der Waals surface area contributed by atoms with Crippen molar-refractivity contribution in [2.75, 3.05) is 6.61 Å². The Balaban J connectivity index is 2.16. The molecular weight excluding hydrogens is 246 g/mol. The molecule has 1 aromatic carbocycles. The summed E-state index contributed by atoms with van der Waals surface area (Å²) in [4.78, 5) is 0. The lowest BCUT2D eigenvalue weighted by Gasteiger charge is -2.43. The standard InChI is InChI=1S/C18H29NO/c1-5-20-15-9-7-14(8-10-15)18(3,4)16-11-6-13(2)12-17(16)19/h7-10,13,16-17H,5-6,11-12,19H2,1-4H3. The molecule has 2 heteroatoms. The monoisotopic (exact) mass is 275 g/mol. The average Bonchev–Trinajstić information content (AvgIpc) is 2.39. The fraction of sp³-hybridized carbons (Fsp3) is 0.667. The predicted molar refractivity (Wildman–Crippen MR) is 85.1 cm³/mol. The zero-order valence-electron chi connectivity index (χ0n) is 13.4. The molecule has 0 saturated heterocycles. The Morgan fingerprint density at radius 3 is 2.40 bits per heavy atom. The topological polar surface area (TPSA) is 35.2 Å². The molecule has 0 heterocycles. The van der Waals surface area contributed by atoms with Crippen LogP contribution in [0.4, 0.5) is 0 Å². The molecule has 0 bridgehead atoms. The van der Waals surface area contributed by atoms with Crippen LogP contribution in [-0.4, -0.2) is 12.6 Å². The first-order chi connectivity index (χ1) is 9.45. The highest BCUT2D eigenvalue weighted by molar-refractivity contribution is 5.32. The second kappa shape index (κ2) is 6.17. The van der Waals surface area contributed by atoms with Crippen LogP contribution in [0.5, 0.6) is 5.75 Å². The van der Waals surface area contributed by atoms with Gasteiger partial charge in [0.2, 0.25) is 0 Å². The third-order valence-corrected chi connectivity index (χ3v) is 5.00. The molecule has 2 N–H and O–H groups in total. The van der Waals surface area contributed by atoms with Gasteiger partial charge >= 0.3 is 0 Å². The highest BCUT2D eigenvalue weighted by Crippen LogP contribution is 2.41. The molecule has 0 radical (unpaired) electrons. The minimum atomic E-state index is 0.129. The van der Waals surface area contributed by atoms with E-state index in [9.17, 15) is 0 Å². The first-order valence-electron chi connectivity index (χ1n) is 7.94. The van der Waals surface area contributed by atoms with Crippen molar-refractivity contribution in [1.82, 2.24) is 0 Å². The van der Waals surface area contributed by atoms with Gasteiger partial charge < -0.3 is 10.5 Å². The van der Waals surface area contributed by atoms with Crippen molar-refractivity contribution in [2.45, 2.75) is 58.4 Å². The van der Waals surface area contributed by atoms with E-state index < -0.39 is 0 Å². The van der Waals surface area contributed by atoms with Crippen molar-refractivity contribution in [3.63, 3.8) is 0 Å². The van der Waals surface area contributed by atoms with E-state index >= 15 is 0 Å². The number of hydrogen-bond acceptors (Lipinski definition) is 2. The van der Waals surface area contributed by atoms with E-state index in [0.717, 1.165) is 18.1 Å². The first-order valence-corrected chi connectivity index (χ1v) is 7.94. The van der Waals surface area contributed by atoms with Crippen LogP contribution in [0.2, 0.25) is 0 Å². The van der Waals surface area contributed by atoms with Crippen molar-refractivity contribution in [1.29, 1.82) is 0 Å². The van der Waals surface area contributed by atoms with Crippen LogP contribution in [0.1, 0.15) is 52.5 Å². The fourth-order valence-electron chi connectivity index (χ4n) is 3.68. The van der Waals surface area contributed by atoms with Gasteiger partial charge in [-0.25, -0.2) is 0 Å². The van der Waals surface area contributed by atoms with Crippen molar-refractivity contribution in [3.05, 3.63) is 29.8 Å². The van der Waals surface area contributed by atoms with Gasteiger partial charge in [0, 0.05) is 6.04 Å². The minimum absolute atomic E-state index is 0.129. The molecule has 0 aromatic heterocycles. The van der Waals surface area contributed by atoms with E-state index in [-0.39, 0.29) is 5.41 Å². The van der Waals surface area contributed by atoms with Crippen molar-refractivity contribution in [2.24, 2.45) is 17.6 Å². The summed E-state index contributed by atoms with van der Waals surface area (Å²) < 4.78 is 5.53. The van der Waals surface area contributed by atoms with Crippen molar-refractivity contribution in [3.8, 4) is 5.75 Å². The summed E-state index contributed by atoms with van der Waals surface area (Å²) in [6, 6.07) is 8.89. The Labute approximate surface area is 123 Å².